The average molecular weight is 247 g/mol. The van der Waals surface area contributed by atoms with E-state index in [1.54, 1.807) is 0 Å². The molecule has 4 heteroatoms. The number of nitrogens with one attached hydrogen (secondary N) is 2. The van der Waals surface area contributed by atoms with Crippen LogP contribution in [0.2, 0.25) is 0 Å². The molecule has 2 aliphatic rings. The van der Waals surface area contributed by atoms with Crippen LogP contribution in [0, 0.1) is 10.8 Å². The number of rotatable bonds is 3. The Balaban J connectivity index is 0.00000128. The fourth-order valence-corrected chi connectivity index (χ4v) is 2.19. The van der Waals surface area contributed by atoms with Gasteiger partial charge in [-0.1, -0.05) is 13.8 Å². The van der Waals surface area contributed by atoms with E-state index in [0.717, 1.165) is 32.5 Å². The highest BCUT2D eigenvalue weighted by atomic mass is 35.5. The van der Waals surface area contributed by atoms with Gasteiger partial charge in [-0.05, 0) is 37.6 Å². The molecule has 2 rings (SSSR count). The summed E-state index contributed by atoms with van der Waals surface area (Å²) in [5.74, 6) is 0.259. The maximum Gasteiger partial charge on any atom is 0.225 e. The van der Waals surface area contributed by atoms with Gasteiger partial charge in [0.1, 0.15) is 0 Å². The van der Waals surface area contributed by atoms with Gasteiger partial charge in [0.2, 0.25) is 5.91 Å². The van der Waals surface area contributed by atoms with E-state index in [-0.39, 0.29) is 29.1 Å². The Labute approximate surface area is 104 Å². The molecule has 1 saturated carbocycles. The van der Waals surface area contributed by atoms with Crippen LogP contribution >= 0.6 is 12.4 Å². The van der Waals surface area contributed by atoms with Crippen molar-refractivity contribution < 1.29 is 4.79 Å². The number of hydrogen-bond acceptors (Lipinski definition) is 2. The van der Waals surface area contributed by atoms with E-state index in [4.69, 9.17) is 0 Å². The molecule has 1 aliphatic carbocycles. The number of halogens is 1. The number of piperidine rings is 1. The van der Waals surface area contributed by atoms with Gasteiger partial charge in [0.15, 0.2) is 0 Å². The highest BCUT2D eigenvalue weighted by Crippen LogP contribution is 2.45. The monoisotopic (exact) mass is 246 g/mol. The molecule has 0 aromatic rings. The quantitative estimate of drug-likeness (QED) is 0.796. The van der Waals surface area contributed by atoms with Crippen LogP contribution in [0.5, 0.6) is 0 Å². The molecule has 0 aromatic heterocycles. The molecule has 0 aromatic carbocycles. The van der Waals surface area contributed by atoms with Gasteiger partial charge in [-0.25, -0.2) is 0 Å². The molecule has 0 bridgehead atoms. The van der Waals surface area contributed by atoms with Gasteiger partial charge in [0.05, 0.1) is 0 Å². The number of carbonyl (C=O) groups excluding carboxylic acids is 1. The summed E-state index contributed by atoms with van der Waals surface area (Å²) in [5, 5.41) is 6.52. The lowest BCUT2D eigenvalue weighted by molar-refractivity contribution is -0.126. The Kier molecular flexibility index (Phi) is 4.24. The zero-order valence-corrected chi connectivity index (χ0v) is 11.1. The van der Waals surface area contributed by atoms with Crippen molar-refractivity contribution in [2.75, 3.05) is 19.6 Å². The van der Waals surface area contributed by atoms with E-state index < -0.39 is 0 Å². The second kappa shape index (κ2) is 4.92. The van der Waals surface area contributed by atoms with E-state index in [1.165, 1.54) is 12.8 Å². The predicted molar refractivity (Wildman–Crippen MR) is 67.8 cm³/mol. The molecule has 1 aliphatic heterocycles. The van der Waals surface area contributed by atoms with Gasteiger partial charge >= 0.3 is 0 Å². The largest absolute Gasteiger partial charge is 0.355 e. The Morgan fingerprint density at radius 2 is 2.00 bits per heavy atom. The highest BCUT2D eigenvalue weighted by Gasteiger charge is 2.45. The van der Waals surface area contributed by atoms with Crippen LogP contribution in [0.1, 0.15) is 39.5 Å². The lowest BCUT2D eigenvalue weighted by atomic mass is 9.82. The summed E-state index contributed by atoms with van der Waals surface area (Å²) in [6, 6.07) is 0. The van der Waals surface area contributed by atoms with Crippen molar-refractivity contribution in [1.29, 1.82) is 0 Å². The summed E-state index contributed by atoms with van der Waals surface area (Å²) in [6.45, 7) is 7.30. The van der Waals surface area contributed by atoms with Crippen LogP contribution in [0.4, 0.5) is 0 Å². The molecule has 1 amide bonds. The maximum atomic E-state index is 11.8. The summed E-state index contributed by atoms with van der Waals surface area (Å²) in [5.41, 5.74) is 0.234. The molecule has 1 saturated heterocycles. The van der Waals surface area contributed by atoms with Crippen molar-refractivity contribution in [2.45, 2.75) is 39.5 Å². The van der Waals surface area contributed by atoms with Crippen LogP contribution in [-0.4, -0.2) is 25.5 Å². The summed E-state index contributed by atoms with van der Waals surface area (Å²) >= 11 is 0. The van der Waals surface area contributed by atoms with Crippen molar-refractivity contribution in [1.82, 2.24) is 10.6 Å². The van der Waals surface area contributed by atoms with E-state index in [2.05, 4.69) is 24.5 Å². The highest BCUT2D eigenvalue weighted by molar-refractivity contribution is 5.85. The summed E-state index contributed by atoms with van der Waals surface area (Å²) < 4.78 is 0. The summed E-state index contributed by atoms with van der Waals surface area (Å²) in [4.78, 5) is 11.8. The van der Waals surface area contributed by atoms with Gasteiger partial charge < -0.3 is 10.6 Å². The molecule has 1 heterocycles. The van der Waals surface area contributed by atoms with Crippen molar-refractivity contribution >= 4 is 18.3 Å². The lowest BCUT2D eigenvalue weighted by Gasteiger charge is -2.34. The summed E-state index contributed by atoms with van der Waals surface area (Å²) in [6.07, 6.45) is 4.57. The van der Waals surface area contributed by atoms with Gasteiger partial charge in [0.25, 0.3) is 0 Å². The van der Waals surface area contributed by atoms with Crippen molar-refractivity contribution in [3.05, 3.63) is 0 Å². The third-order valence-corrected chi connectivity index (χ3v) is 3.91. The maximum absolute atomic E-state index is 11.8. The third kappa shape index (κ3) is 3.11. The first-order valence-electron chi connectivity index (χ1n) is 6.03. The van der Waals surface area contributed by atoms with Gasteiger partial charge in [-0.2, -0.15) is 0 Å². The first-order valence-corrected chi connectivity index (χ1v) is 6.03. The molecule has 16 heavy (non-hydrogen) atoms. The smallest absolute Gasteiger partial charge is 0.225 e. The average Bonchev–Trinajstić information content (AvgIpc) is 2.96. The first kappa shape index (κ1) is 13.8. The van der Waals surface area contributed by atoms with Gasteiger partial charge in [-0.15, -0.1) is 12.4 Å². The van der Waals surface area contributed by atoms with Crippen molar-refractivity contribution in [3.8, 4) is 0 Å². The van der Waals surface area contributed by atoms with Crippen LogP contribution in [-0.2, 0) is 4.79 Å². The van der Waals surface area contributed by atoms with E-state index in [0.29, 0.717) is 0 Å². The first-order chi connectivity index (χ1) is 7.04. The summed E-state index contributed by atoms with van der Waals surface area (Å²) in [7, 11) is 0. The predicted octanol–water partition coefficient (Wildman–Crippen LogP) is 1.71. The molecule has 1 unspecified atom stereocenters. The van der Waals surface area contributed by atoms with Gasteiger partial charge in [0, 0.05) is 18.5 Å². The topological polar surface area (TPSA) is 41.1 Å². The Morgan fingerprint density at radius 3 is 2.50 bits per heavy atom. The normalized spacial score (nSPS) is 31.4. The Hall–Kier alpha value is -0.280. The van der Waals surface area contributed by atoms with Crippen LogP contribution in [0.15, 0.2) is 0 Å². The van der Waals surface area contributed by atoms with Crippen LogP contribution < -0.4 is 10.6 Å². The van der Waals surface area contributed by atoms with Crippen molar-refractivity contribution in [2.24, 2.45) is 10.8 Å². The molecule has 1 atom stereocenters. The molecular formula is C12H23ClN2O. The lowest BCUT2D eigenvalue weighted by Crippen LogP contribution is -2.46. The van der Waals surface area contributed by atoms with Crippen LogP contribution in [0.3, 0.4) is 0 Å². The second-order valence-electron chi connectivity index (χ2n) is 5.83. The van der Waals surface area contributed by atoms with Gasteiger partial charge in [-0.3, -0.25) is 4.79 Å². The number of carbonyl (C=O) groups is 1. The van der Waals surface area contributed by atoms with E-state index in [1.807, 2.05) is 0 Å². The standard InChI is InChI=1S/C12H22N2O.ClH/c1-11(4-3-7-13-8-11)9-14-10(15)12(2)5-6-12;/h13H,3-9H2,1-2H3,(H,14,15);1H. The minimum Gasteiger partial charge on any atom is -0.355 e. The molecule has 0 radical (unpaired) electrons. The minimum atomic E-state index is -0.0293. The molecule has 2 N–H and O–H groups in total. The van der Waals surface area contributed by atoms with E-state index in [9.17, 15) is 4.79 Å². The second-order valence-corrected chi connectivity index (χ2v) is 5.83. The molecule has 3 nitrogen and oxygen atoms in total. The molecule has 2 fully saturated rings. The SMILES string of the molecule is CC1(CNC(=O)C2(C)CC2)CCCNC1.Cl. The zero-order valence-electron chi connectivity index (χ0n) is 10.3. The number of hydrogen-bond donors (Lipinski definition) is 2. The Bertz CT molecular complexity index is 258. The number of amides is 1. The fourth-order valence-electron chi connectivity index (χ4n) is 2.19. The zero-order chi connectivity index (χ0) is 10.9. The van der Waals surface area contributed by atoms with Crippen LogP contribution in [0.25, 0.3) is 0 Å². The molecule has 94 valence electrons. The third-order valence-electron chi connectivity index (χ3n) is 3.91. The molecule has 0 spiro atoms. The minimum absolute atomic E-state index is 0. The Morgan fingerprint density at radius 1 is 1.31 bits per heavy atom. The van der Waals surface area contributed by atoms with E-state index >= 15 is 0 Å². The van der Waals surface area contributed by atoms with Crippen molar-refractivity contribution in [3.63, 3.8) is 0 Å². The fraction of sp³-hybridized carbons (Fsp3) is 0.917. The molecular weight excluding hydrogens is 224 g/mol.